The largest absolute Gasteiger partial charge is 0.508 e. The van der Waals surface area contributed by atoms with E-state index in [-0.39, 0.29) is 151 Å². The fraction of sp³-hybridized carbons (Fsp3) is 0.0174. The summed E-state index contributed by atoms with van der Waals surface area (Å²) in [5.74, 6) is 194. The topological polar surface area (TPSA) is 105 Å². The van der Waals surface area contributed by atoms with Gasteiger partial charge in [0.1, 0.15) is 40.8 Å². The molecule has 0 fully saturated rings. The number of hydrogen-bond donors (Lipinski definition) is 3. The van der Waals surface area contributed by atoms with Gasteiger partial charge in [0.2, 0.25) is 0 Å². The quantitative estimate of drug-likeness (QED) is 0.100. The Kier molecular flexibility index (Phi) is 58.8. The highest BCUT2D eigenvalue weighted by Gasteiger charge is 2.35. The molecular weight excluding hydrogens is 1560 g/mol. The molecule has 0 amide bonds. The molecule has 0 aliphatic rings. The second-order valence-corrected chi connectivity index (χ2v) is 19.0. The van der Waals surface area contributed by atoms with Gasteiger partial charge < -0.3 is 29.5 Å². The van der Waals surface area contributed by atoms with Gasteiger partial charge in [-0.3, -0.25) is 0 Å². The van der Waals surface area contributed by atoms with E-state index in [1.165, 1.54) is 37.4 Å². The lowest BCUT2D eigenvalue weighted by Crippen LogP contribution is -2.28. The molecule has 0 spiro atoms. The summed E-state index contributed by atoms with van der Waals surface area (Å²) in [6.45, 7) is 0. The summed E-state index contributed by atoms with van der Waals surface area (Å²) in [7, 11) is 1.23. The van der Waals surface area contributed by atoms with Crippen molar-refractivity contribution >= 4 is 29.2 Å². The zero-order chi connectivity index (χ0) is 89.9. The smallest absolute Gasteiger partial charge is 0.338 e. The summed E-state index contributed by atoms with van der Waals surface area (Å²) < 4.78 is 15.1. The lowest BCUT2D eigenvalue weighted by Gasteiger charge is -2.30. The molecule has 4 aromatic carbocycles. The van der Waals surface area contributed by atoms with Crippen molar-refractivity contribution in [3.63, 3.8) is 0 Å². The van der Waals surface area contributed by atoms with Gasteiger partial charge in [-0.05, 0) is 349 Å². The molecule has 0 aromatic heterocycles. The second kappa shape index (κ2) is 73.9. The summed E-state index contributed by atoms with van der Waals surface area (Å²) in [4.78, 5) is 11.5. The zero-order valence-electron chi connectivity index (χ0n) is 63.3. The normalized spacial score (nSPS) is 5.92. The molecule has 0 atom stereocenters. The second-order valence-electron chi connectivity index (χ2n) is 18.2. The number of hydrogen-bond acceptors (Lipinski definition) is 7. The van der Waals surface area contributed by atoms with E-state index < -0.39 is 11.6 Å². The van der Waals surface area contributed by atoms with Gasteiger partial charge in [-0.15, -0.1) is 38.5 Å². The number of aromatic hydroxyl groups is 2. The third kappa shape index (κ3) is 56.9. The van der Waals surface area contributed by atoms with Crippen LogP contribution in [-0.2, 0) is 10.3 Å². The van der Waals surface area contributed by atoms with Crippen LogP contribution in [0, 0.1) is 524 Å². The van der Waals surface area contributed by atoms with E-state index in [9.17, 15) is 20.1 Å². The lowest BCUT2D eigenvalue weighted by atomic mass is 9.80. The molecular formula is C115H198Cl2O7. The Morgan fingerprint density at radius 1 is 0.258 bits per heavy atom. The molecule has 0 saturated carbocycles. The Hall–Kier alpha value is -23.3. The number of aliphatic hydroxyl groups is 1. The van der Waals surface area contributed by atoms with Gasteiger partial charge in [-0.2, -0.15) is 0 Å². The Morgan fingerprint density at radius 2 is 0.435 bits per heavy atom. The summed E-state index contributed by atoms with van der Waals surface area (Å²) in [5, 5.41) is 33.0. The van der Waals surface area contributed by atoms with Crippen molar-refractivity contribution in [2.45, 2.75) is 5.60 Å². The molecule has 0 aliphatic heterocycles. The summed E-state index contributed by atoms with van der Waals surface area (Å²) in [5.41, 5.74) is -0.209. The fourth-order valence-electron chi connectivity index (χ4n) is 6.11. The summed E-state index contributed by atoms with van der Waals surface area (Å²) in [6.07, 6.45) is 34.2. The molecule has 0 aliphatic carbocycles. The molecule has 7 nitrogen and oxygen atoms in total. The number of phenolic OH excluding ortho intramolecular Hbond substituents is 2. The van der Waals surface area contributed by atoms with Gasteiger partial charge >= 0.3 is 5.97 Å². The first-order chi connectivity index (χ1) is 60.9. The Bertz CT molecular complexity index is 7810. The monoisotopic (exact) mass is 1760 g/mol. The maximum absolute atomic E-state index is 12.0. The maximum Gasteiger partial charge on any atom is 0.338 e. The van der Waals surface area contributed by atoms with Crippen molar-refractivity contribution < 1.29 is 157 Å². The average Bonchev–Trinajstić information content (AvgIpc) is 0.756. The molecule has 4 aromatic rings. The van der Waals surface area contributed by atoms with Gasteiger partial charge in [-0.1, -0.05) is 47.5 Å². The van der Waals surface area contributed by atoms with E-state index in [4.69, 9.17) is 71.2 Å². The number of phenols is 2. The highest BCUT2D eigenvalue weighted by molar-refractivity contribution is 6.30. The third-order valence-electron chi connectivity index (χ3n) is 10.4. The number of benzene rings is 4. The first kappa shape index (κ1) is 98.7. The van der Waals surface area contributed by atoms with Gasteiger partial charge in [0.25, 0.3) is 0 Å². The number of ether oxygens (including phenoxy) is 3. The highest BCUT2D eigenvalue weighted by Crippen LogP contribution is 2.40. The van der Waals surface area contributed by atoms with Crippen molar-refractivity contribution in [2.24, 2.45) is 0 Å². The molecule has 124 heavy (non-hydrogen) atoms. The Morgan fingerprint density at radius 3 is 0.629 bits per heavy atom. The molecule has 0 bridgehead atoms. The van der Waals surface area contributed by atoms with Gasteiger partial charge in [-0.25, -0.2) is 4.79 Å². The van der Waals surface area contributed by atoms with Crippen LogP contribution in [0.25, 0.3) is 0 Å². The number of carbonyl (C=O) groups excluding carboxylic acids is 1. The highest BCUT2D eigenvalue weighted by atomic mass is 35.5. The van der Waals surface area contributed by atoms with Crippen molar-refractivity contribution in [1.29, 1.82) is 0 Å². The van der Waals surface area contributed by atoms with Crippen LogP contribution in [0.4, 0.5) is 0 Å². The molecule has 4 rings (SSSR count). The number of halogens is 2. The van der Waals surface area contributed by atoms with Crippen molar-refractivity contribution in [3.8, 4) is 547 Å². The minimum Gasteiger partial charge on any atom is -0.508 e. The standard InChI is InChI=1S/C41H14Cl2O3.C30H8O4.2C22H2.86H2/c1-2-3-4-5-6-7-8-9-10-11-12-13-14-15-16-17-18-19-20-21-30-46-40-32-36(31-39(44)33-40)41(45,34-22-26-37(42)27-23-34)35-24-28-38(43)29-25-35;1-3-4-5-6-7-8-9-10-11-12-13-14-15-16-17-18-19-20-21-22-23-34-29-25-27(30(32)33-2)24-28(31)26-29;2*1-3-5-7-9-11-13-15-17-19-21-22-20-18-16-14-12-10-8-6-4-2;;;;;;;;;;;;;;;;;;;;;;;;;;;;;;;;;;;;;;;;;;;;;;;;;;;;;;;;;;;;;;;;;;;;;;;;;;;;;;;;;;;;;;/h1,22-29,31-33,44-45H;1,24-26,31H,2H3;2*1-2H;86*1H. The SMILES string of the molecule is C#CC#CC#CC#CC#CC#CC#CC#CC#CC#CC#C.C#CC#CC#CC#CC#CC#CC#CC#CC#CC#CC#C.C#CC#CC#CC#CC#CC#CC#CC#CC#CC#CC#COc1cc(O)cc(C(=O)OC)c1.C#CC#CC#CC#CC#CC#CC#CC#CC#CC#CC#COc1cc(O)cc(C(O)(c2ccc(Cl)cc2)c2ccc(Cl)cc2)c1.[HH].[HH].[HH].[HH].[HH].[HH].[HH].[HH].[HH].[HH].[HH].[HH].[HH].[HH].[HH].[HH].[HH].[HH].[HH].[HH].[HH].[HH].[HH].[HH].[HH].[HH].[HH].[HH].[HH].[HH].[HH].[HH].[HH].[HH].[HH].[HH].[HH].[HH].[HH].[HH].[HH].[HH].[HH].[HH].[HH].[HH].[HH].[HH].[HH].[HH].[HH].[HH].[HH].[HH].[HH].[HH].[HH].[HH].[HH].[HH].[HH].[HH].[HH].[HH].[HH].[HH].[HH].[HH].[HH].[HH].[HH].[HH].[HH].[HH].[HH].[HH].[HH].[HH].[HH].[HH].[HH].[HH].[HH].[HH].[HH].[HH]. The van der Waals surface area contributed by atoms with E-state index in [0.29, 0.717) is 26.7 Å². The van der Waals surface area contributed by atoms with Crippen molar-refractivity contribution in [1.82, 2.24) is 0 Å². The maximum atomic E-state index is 12.0. The van der Waals surface area contributed by atoms with E-state index in [2.05, 4.69) is 491 Å². The number of terminal acetylenes is 6. The van der Waals surface area contributed by atoms with E-state index in [1.54, 1.807) is 54.6 Å². The molecule has 0 heterocycles. The first-order valence-corrected chi connectivity index (χ1v) is 32.8. The Balaban J connectivity index is -0.0000000105. The lowest BCUT2D eigenvalue weighted by molar-refractivity contribution is 0.0599. The average molecular weight is 1760 g/mol. The number of carbonyl (C=O) groups is 1. The van der Waals surface area contributed by atoms with Gasteiger partial charge in [0, 0.05) is 334 Å². The first-order valence-electron chi connectivity index (χ1n) is 32.0. The van der Waals surface area contributed by atoms with E-state index in [1.807, 2.05) is 0 Å². The fourth-order valence-corrected chi connectivity index (χ4v) is 6.36. The molecule has 9 heteroatoms. The van der Waals surface area contributed by atoms with Crippen LogP contribution < -0.4 is 9.47 Å². The van der Waals surface area contributed by atoms with E-state index >= 15 is 0 Å². The van der Waals surface area contributed by atoms with Crippen molar-refractivity contribution in [2.75, 3.05) is 7.11 Å². The number of methoxy groups -OCH3 is 1. The predicted octanol–water partition coefficient (Wildman–Crippen LogP) is 27.9. The Labute approximate surface area is 863 Å². The number of rotatable bonds is 6. The van der Waals surface area contributed by atoms with Crippen LogP contribution in [0.1, 0.15) is 150 Å². The zero-order valence-corrected chi connectivity index (χ0v) is 64.8. The van der Waals surface area contributed by atoms with Crippen LogP contribution in [0.3, 0.4) is 0 Å². The van der Waals surface area contributed by atoms with Gasteiger partial charge in [0.15, 0.2) is 0 Å². The third-order valence-corrected chi connectivity index (χ3v) is 10.9. The molecule has 0 unspecified atom stereocenters. The molecule has 0 saturated heterocycles. The van der Waals surface area contributed by atoms with Gasteiger partial charge in [0.05, 0.1) is 12.7 Å². The van der Waals surface area contributed by atoms with Crippen LogP contribution in [0.5, 0.6) is 23.0 Å². The summed E-state index contributed by atoms with van der Waals surface area (Å²) >= 11 is 12.1. The molecule has 0 radical (unpaired) electrons. The minimum atomic E-state index is -1.68. The number of esters is 1. The van der Waals surface area contributed by atoms with Crippen LogP contribution in [-0.4, -0.2) is 28.4 Å². The summed E-state index contributed by atoms with van der Waals surface area (Å²) in [6, 6.07) is 21.7. The predicted molar refractivity (Wildman–Crippen MR) is 664 cm³/mol. The van der Waals surface area contributed by atoms with Crippen LogP contribution in [0.2, 0.25) is 10.0 Å². The van der Waals surface area contributed by atoms with Crippen LogP contribution >= 0.6 is 23.2 Å². The van der Waals surface area contributed by atoms with Crippen LogP contribution in [0.15, 0.2) is 84.9 Å². The van der Waals surface area contributed by atoms with E-state index in [0.717, 1.165) is 0 Å². The molecule has 3 N–H and O–H groups in total. The van der Waals surface area contributed by atoms with Crippen molar-refractivity contribution in [3.05, 3.63) is 117 Å². The minimum absolute atomic E-state index is 0. The molecule has 714 valence electrons.